The van der Waals surface area contributed by atoms with Gasteiger partial charge in [-0.25, -0.2) is 0 Å². The topological polar surface area (TPSA) is 54.5 Å². The summed E-state index contributed by atoms with van der Waals surface area (Å²) in [6.45, 7) is 8.33. The largest absolute Gasteiger partial charge is 0.385 e. The van der Waals surface area contributed by atoms with E-state index < -0.39 is 0 Å². The van der Waals surface area contributed by atoms with E-state index in [1.165, 1.54) is 0 Å². The number of carbonyl (C=O) groups is 1. The van der Waals surface area contributed by atoms with Crippen LogP contribution in [0.1, 0.15) is 36.3 Å². The highest BCUT2D eigenvalue weighted by Gasteiger charge is 2.30. The molecule has 116 valence electrons. The van der Waals surface area contributed by atoms with Crippen molar-refractivity contribution in [1.29, 1.82) is 0 Å². The highest BCUT2D eigenvalue weighted by molar-refractivity contribution is 5.99. The summed E-state index contributed by atoms with van der Waals surface area (Å²) in [7, 11) is 1.71. The van der Waals surface area contributed by atoms with Crippen molar-refractivity contribution in [2.45, 2.75) is 33.3 Å². The van der Waals surface area contributed by atoms with Gasteiger partial charge in [0.15, 0.2) is 0 Å². The zero-order chi connectivity index (χ0) is 15.4. The SMILES string of the molecule is CCNc1cc(C)ncc1C(=O)N1CCC(C)C(OC)C1. The molecule has 0 spiro atoms. The Bertz CT molecular complexity index is 504. The monoisotopic (exact) mass is 291 g/mol. The minimum atomic E-state index is 0.0346. The van der Waals surface area contributed by atoms with Gasteiger partial charge in [-0.1, -0.05) is 6.92 Å². The molecule has 0 aromatic carbocycles. The number of aryl methyl sites for hydroxylation is 1. The van der Waals surface area contributed by atoms with Gasteiger partial charge in [0.25, 0.3) is 5.91 Å². The molecule has 1 aliphatic heterocycles. The van der Waals surface area contributed by atoms with Crippen LogP contribution < -0.4 is 5.32 Å². The lowest BCUT2D eigenvalue weighted by Crippen LogP contribution is -2.46. The number of aromatic nitrogens is 1. The molecule has 1 saturated heterocycles. The Morgan fingerprint density at radius 3 is 3.00 bits per heavy atom. The fraction of sp³-hybridized carbons (Fsp3) is 0.625. The Morgan fingerprint density at radius 1 is 1.57 bits per heavy atom. The Labute approximate surface area is 126 Å². The summed E-state index contributed by atoms with van der Waals surface area (Å²) >= 11 is 0. The van der Waals surface area contributed by atoms with Crippen LogP contribution >= 0.6 is 0 Å². The number of amides is 1. The number of anilines is 1. The molecule has 1 fully saturated rings. The lowest BCUT2D eigenvalue weighted by Gasteiger charge is -2.36. The van der Waals surface area contributed by atoms with Crippen molar-refractivity contribution >= 4 is 11.6 Å². The molecule has 5 nitrogen and oxygen atoms in total. The van der Waals surface area contributed by atoms with Gasteiger partial charge in [0, 0.05) is 38.6 Å². The molecule has 1 aromatic rings. The third-order valence-electron chi connectivity index (χ3n) is 4.12. The Balaban J connectivity index is 2.20. The van der Waals surface area contributed by atoms with Gasteiger partial charge < -0.3 is 15.0 Å². The number of hydrogen-bond acceptors (Lipinski definition) is 4. The van der Waals surface area contributed by atoms with Crippen molar-refractivity contribution in [1.82, 2.24) is 9.88 Å². The highest BCUT2D eigenvalue weighted by atomic mass is 16.5. The lowest BCUT2D eigenvalue weighted by molar-refractivity contribution is -0.00154. The van der Waals surface area contributed by atoms with E-state index in [0.29, 0.717) is 18.0 Å². The predicted molar refractivity (Wildman–Crippen MR) is 83.6 cm³/mol. The lowest BCUT2D eigenvalue weighted by atomic mass is 9.95. The second-order valence-electron chi connectivity index (χ2n) is 5.69. The molecule has 0 aliphatic carbocycles. The standard InChI is InChI=1S/C16H25N3O2/c1-5-17-14-8-12(3)18-9-13(14)16(20)19-7-6-11(2)15(10-19)21-4/h8-9,11,15H,5-7,10H2,1-4H3,(H,17,18). The van der Waals surface area contributed by atoms with Crippen LogP contribution in [-0.2, 0) is 4.74 Å². The number of nitrogens with one attached hydrogen (secondary N) is 1. The van der Waals surface area contributed by atoms with E-state index in [1.807, 2.05) is 24.8 Å². The zero-order valence-corrected chi connectivity index (χ0v) is 13.3. The molecule has 5 heteroatoms. The van der Waals surface area contributed by atoms with Crippen molar-refractivity contribution in [3.05, 3.63) is 23.5 Å². The fourth-order valence-corrected chi connectivity index (χ4v) is 2.76. The molecule has 1 N–H and O–H groups in total. The van der Waals surface area contributed by atoms with Gasteiger partial charge in [0.1, 0.15) is 0 Å². The first-order chi connectivity index (χ1) is 10.1. The van der Waals surface area contributed by atoms with Crippen LogP contribution in [-0.4, -0.2) is 48.6 Å². The van der Waals surface area contributed by atoms with E-state index in [4.69, 9.17) is 4.74 Å². The number of piperidine rings is 1. The normalized spacial score (nSPS) is 22.2. The predicted octanol–water partition coefficient (Wildman–Crippen LogP) is 2.32. The van der Waals surface area contributed by atoms with Crippen LogP contribution in [0.5, 0.6) is 0 Å². The third kappa shape index (κ3) is 3.53. The van der Waals surface area contributed by atoms with Gasteiger partial charge in [-0.3, -0.25) is 9.78 Å². The molecule has 1 aromatic heterocycles. The Hall–Kier alpha value is -1.62. The van der Waals surface area contributed by atoms with Crippen LogP contribution in [0.4, 0.5) is 5.69 Å². The summed E-state index contributed by atoms with van der Waals surface area (Å²) in [5, 5.41) is 3.25. The van der Waals surface area contributed by atoms with E-state index in [-0.39, 0.29) is 12.0 Å². The number of nitrogens with zero attached hydrogens (tertiary/aromatic N) is 2. The van der Waals surface area contributed by atoms with Crippen molar-refractivity contribution < 1.29 is 9.53 Å². The maximum Gasteiger partial charge on any atom is 0.257 e. The second kappa shape index (κ2) is 6.89. The molecule has 21 heavy (non-hydrogen) atoms. The minimum Gasteiger partial charge on any atom is -0.385 e. The average Bonchev–Trinajstić information content (AvgIpc) is 2.47. The summed E-state index contributed by atoms with van der Waals surface area (Å²) in [5.41, 5.74) is 2.42. The van der Waals surface area contributed by atoms with Crippen LogP contribution in [0.15, 0.2) is 12.3 Å². The van der Waals surface area contributed by atoms with Gasteiger partial charge in [-0.2, -0.15) is 0 Å². The molecule has 2 heterocycles. The van der Waals surface area contributed by atoms with E-state index in [2.05, 4.69) is 17.2 Å². The maximum atomic E-state index is 12.8. The van der Waals surface area contributed by atoms with Gasteiger partial charge >= 0.3 is 0 Å². The van der Waals surface area contributed by atoms with E-state index in [0.717, 1.165) is 30.9 Å². The van der Waals surface area contributed by atoms with Crippen LogP contribution in [0.25, 0.3) is 0 Å². The second-order valence-corrected chi connectivity index (χ2v) is 5.69. The number of carbonyl (C=O) groups excluding carboxylic acids is 1. The summed E-state index contributed by atoms with van der Waals surface area (Å²) in [6.07, 6.45) is 2.76. The third-order valence-corrected chi connectivity index (χ3v) is 4.12. The average molecular weight is 291 g/mol. The van der Waals surface area contributed by atoms with Gasteiger partial charge in [-0.05, 0) is 32.3 Å². The number of rotatable bonds is 4. The molecule has 1 amide bonds. The van der Waals surface area contributed by atoms with E-state index in [9.17, 15) is 4.79 Å². The number of likely N-dealkylation sites (tertiary alicyclic amines) is 1. The van der Waals surface area contributed by atoms with Crippen LogP contribution in [0.2, 0.25) is 0 Å². The summed E-state index contributed by atoms with van der Waals surface area (Å²) in [5.74, 6) is 0.524. The van der Waals surface area contributed by atoms with Crippen molar-refractivity contribution in [2.75, 3.05) is 32.1 Å². The smallest absolute Gasteiger partial charge is 0.257 e. The van der Waals surface area contributed by atoms with Crippen LogP contribution in [0.3, 0.4) is 0 Å². The van der Waals surface area contributed by atoms with Gasteiger partial charge in [-0.15, -0.1) is 0 Å². The Kier molecular flexibility index (Phi) is 5.17. The molecule has 2 rings (SSSR count). The molecule has 0 bridgehead atoms. The van der Waals surface area contributed by atoms with Crippen molar-refractivity contribution in [3.8, 4) is 0 Å². The van der Waals surface area contributed by atoms with Gasteiger partial charge in [0.2, 0.25) is 0 Å². The van der Waals surface area contributed by atoms with E-state index in [1.54, 1.807) is 13.3 Å². The number of pyridine rings is 1. The molecule has 0 saturated carbocycles. The maximum absolute atomic E-state index is 12.8. The summed E-state index contributed by atoms with van der Waals surface area (Å²) < 4.78 is 5.49. The molecule has 1 aliphatic rings. The van der Waals surface area contributed by atoms with Crippen molar-refractivity contribution in [3.63, 3.8) is 0 Å². The number of hydrogen-bond donors (Lipinski definition) is 1. The first-order valence-electron chi connectivity index (χ1n) is 7.59. The number of ether oxygens (including phenoxy) is 1. The highest BCUT2D eigenvalue weighted by Crippen LogP contribution is 2.23. The quantitative estimate of drug-likeness (QED) is 0.925. The van der Waals surface area contributed by atoms with Crippen LogP contribution in [0, 0.1) is 12.8 Å². The summed E-state index contributed by atoms with van der Waals surface area (Å²) in [4.78, 5) is 18.9. The Morgan fingerprint density at radius 2 is 2.33 bits per heavy atom. The van der Waals surface area contributed by atoms with E-state index >= 15 is 0 Å². The fourth-order valence-electron chi connectivity index (χ4n) is 2.76. The molecular formula is C16H25N3O2. The summed E-state index contributed by atoms with van der Waals surface area (Å²) in [6, 6.07) is 1.93. The number of methoxy groups -OCH3 is 1. The molecular weight excluding hydrogens is 266 g/mol. The first kappa shape index (κ1) is 15.8. The molecule has 2 unspecified atom stereocenters. The molecule has 2 atom stereocenters. The van der Waals surface area contributed by atoms with Gasteiger partial charge in [0.05, 0.1) is 17.4 Å². The zero-order valence-electron chi connectivity index (χ0n) is 13.3. The minimum absolute atomic E-state index is 0.0346. The van der Waals surface area contributed by atoms with Crippen molar-refractivity contribution in [2.24, 2.45) is 5.92 Å². The molecule has 0 radical (unpaired) electrons. The first-order valence-corrected chi connectivity index (χ1v) is 7.59.